The molecule has 0 spiro atoms. The average Bonchev–Trinajstić information content (AvgIpc) is 1.58. The lowest BCUT2D eigenvalue weighted by atomic mass is 10.0. The van der Waals surface area contributed by atoms with E-state index in [0.29, 0.717) is 78.3 Å². The third-order valence-electron chi connectivity index (χ3n) is 15.3. The zero-order valence-electron chi connectivity index (χ0n) is 52.4. The van der Waals surface area contributed by atoms with Crippen molar-refractivity contribution in [3.63, 3.8) is 0 Å². The number of nitrogens with zero attached hydrogens (tertiary/aromatic N) is 2. The Morgan fingerprint density at radius 2 is 0.945 bits per heavy atom. The topological polar surface area (TPSA) is 420 Å². The van der Waals surface area contributed by atoms with E-state index in [-0.39, 0.29) is 119 Å². The first-order valence-corrected chi connectivity index (χ1v) is 32.7. The van der Waals surface area contributed by atoms with Crippen molar-refractivity contribution in [2.75, 3.05) is 58.1 Å². The largest absolute Gasteiger partial charge is 0.508 e. The summed E-state index contributed by atoms with van der Waals surface area (Å²) < 4.78 is 0. The molecular weight excluding hydrogens is 1200 g/mol. The summed E-state index contributed by atoms with van der Waals surface area (Å²) >= 11 is 1.74. The fraction of sp³-hybridized carbons (Fsp3) is 0.635. The molecule has 0 heterocycles. The maximum Gasteiger partial charge on any atom is 0.326 e. The highest BCUT2D eigenvalue weighted by molar-refractivity contribution is 8.00. The molecule has 0 saturated heterocycles. The minimum atomic E-state index is -1.53. The second-order valence-corrected chi connectivity index (χ2v) is 24.4. The quantitative estimate of drug-likeness (QED) is 0.0403. The van der Waals surface area contributed by atoms with Crippen LogP contribution in [0.15, 0.2) is 36.4 Å². The van der Waals surface area contributed by atoms with Crippen molar-refractivity contribution >= 4 is 77.2 Å². The van der Waals surface area contributed by atoms with Crippen molar-refractivity contribution in [2.24, 2.45) is 0 Å². The lowest BCUT2D eigenvalue weighted by Gasteiger charge is -2.26. The highest BCUT2D eigenvalue weighted by atomic mass is 32.2. The first-order chi connectivity index (χ1) is 43.5. The van der Waals surface area contributed by atoms with Gasteiger partial charge < -0.3 is 73.0 Å². The van der Waals surface area contributed by atoms with Crippen LogP contribution in [-0.2, 0) is 73.9 Å². The second kappa shape index (κ2) is 44.7. The Bertz CT molecular complexity index is 2650. The number of carbonyl (C=O) groups excluding carboxylic acids is 6. The molecule has 2 aromatic carbocycles. The summed E-state index contributed by atoms with van der Waals surface area (Å²) in [4.78, 5) is 136. The summed E-state index contributed by atoms with van der Waals surface area (Å²) in [6, 6.07) is 4.92. The number of benzene rings is 2. The molecule has 0 aliphatic heterocycles. The second-order valence-electron chi connectivity index (χ2n) is 23.1. The van der Waals surface area contributed by atoms with Crippen molar-refractivity contribution < 1.29 is 88.5 Å². The van der Waals surface area contributed by atoms with Gasteiger partial charge in [0.2, 0.25) is 29.5 Å². The summed E-state index contributed by atoms with van der Waals surface area (Å²) in [5.74, 6) is -7.50. The highest BCUT2D eigenvalue weighted by Crippen LogP contribution is 2.27. The summed E-state index contributed by atoms with van der Waals surface area (Å²) in [6.07, 6.45) is 15.8. The number of thioether (sulfide) groups is 1. The Hall–Kier alpha value is -7.72. The Kier molecular flexibility index (Phi) is 38.1. The van der Waals surface area contributed by atoms with Crippen LogP contribution in [0.2, 0.25) is 0 Å². The number of aliphatic carboxylic acids is 5. The van der Waals surface area contributed by atoms with Gasteiger partial charge in [-0.3, -0.25) is 48.2 Å². The number of carboxylic acids is 5. The maximum atomic E-state index is 13.2. The average molecular weight is 1300 g/mol. The first-order valence-electron chi connectivity index (χ1n) is 31.7. The molecule has 1 aliphatic rings. The van der Waals surface area contributed by atoms with Crippen LogP contribution in [-0.4, -0.2) is 192 Å². The van der Waals surface area contributed by atoms with Gasteiger partial charge in [0.05, 0.1) is 13.1 Å². The number of phenolic OH excluding ortho intramolecular Hbond substituents is 2. The van der Waals surface area contributed by atoms with Crippen LogP contribution in [0.5, 0.6) is 11.5 Å². The molecule has 14 N–H and O–H groups in total. The molecule has 0 bridgehead atoms. The van der Waals surface area contributed by atoms with Gasteiger partial charge in [-0.05, 0) is 87.5 Å². The van der Waals surface area contributed by atoms with Crippen LogP contribution in [0.4, 0.5) is 4.79 Å². The number of hydrogen-bond donors (Lipinski definition) is 14. The van der Waals surface area contributed by atoms with Crippen molar-refractivity contribution in [2.45, 2.75) is 197 Å². The Balaban J connectivity index is 1.40. The Labute approximate surface area is 536 Å². The van der Waals surface area contributed by atoms with Crippen LogP contribution < -0.4 is 37.2 Å². The standard InChI is InChI=1S/C63H97N9O18S/c1-43(73)68-51(42-91-48-16-10-7-5-3-2-4-6-8-11-17-48)60(85)67-33-32-66-56(78)28-23-45-21-26-53(75)47(37-45)39-72(41-59(83)84)35-34-71(40-58(81)82)38-46-36-44(20-25-52(46)74)22-27-55(77)65-30-14-9-12-19-54(76)64-31-15-13-18-49(61(86)87)69-63(90)70-50(62(88)89)24-29-57(79)80/h20-21,25-26,36-37,48-51,74-75H,2-19,22-24,27-35,38-42H2,1H3,(H,64,76)(H,65,77)(H,66,78)(H,67,85)(H,68,73)(H,79,80)(H,81,82)(H,83,84)(H,86,87)(H,88,89)(H2,69,70,90). The molecule has 508 valence electrons. The third-order valence-corrected chi connectivity index (χ3v) is 16.8. The number of urea groups is 1. The summed E-state index contributed by atoms with van der Waals surface area (Å²) in [5, 5.41) is 87.5. The summed E-state index contributed by atoms with van der Waals surface area (Å²) in [5.41, 5.74) is 2.17. The maximum absolute atomic E-state index is 13.2. The number of unbranched alkanes of at least 4 members (excludes halogenated alkanes) is 3. The fourth-order valence-corrected chi connectivity index (χ4v) is 11.7. The van der Waals surface area contributed by atoms with Gasteiger partial charge in [-0.15, -0.1) is 0 Å². The normalized spacial score (nSPS) is 14.1. The van der Waals surface area contributed by atoms with Crippen molar-refractivity contribution in [1.82, 2.24) is 47.0 Å². The van der Waals surface area contributed by atoms with Crippen LogP contribution in [0.25, 0.3) is 0 Å². The summed E-state index contributed by atoms with van der Waals surface area (Å²) in [6.45, 7) is 1.44. The minimum Gasteiger partial charge on any atom is -0.508 e. The van der Waals surface area contributed by atoms with Crippen LogP contribution in [0.1, 0.15) is 170 Å². The molecule has 1 saturated carbocycles. The first kappa shape index (κ1) is 77.5. The van der Waals surface area contributed by atoms with Gasteiger partial charge in [0, 0.05) is 107 Å². The molecule has 3 atom stereocenters. The molecule has 0 radical (unpaired) electrons. The Morgan fingerprint density at radius 1 is 0.495 bits per heavy atom. The van der Waals surface area contributed by atoms with E-state index >= 15 is 0 Å². The molecule has 27 nitrogen and oxygen atoms in total. The van der Waals surface area contributed by atoms with E-state index in [1.165, 1.54) is 73.8 Å². The number of aromatic hydroxyl groups is 2. The predicted molar refractivity (Wildman–Crippen MR) is 339 cm³/mol. The molecule has 3 rings (SSSR count). The number of nitrogens with one attached hydrogen (secondary N) is 7. The van der Waals surface area contributed by atoms with Crippen molar-refractivity contribution in [3.05, 3.63) is 58.7 Å². The molecule has 3 unspecified atom stereocenters. The highest BCUT2D eigenvalue weighted by Gasteiger charge is 2.26. The fourth-order valence-electron chi connectivity index (χ4n) is 10.3. The number of phenols is 2. The van der Waals surface area contributed by atoms with Gasteiger partial charge >= 0.3 is 35.9 Å². The number of amides is 7. The van der Waals surface area contributed by atoms with Gasteiger partial charge in [-0.2, -0.15) is 11.8 Å². The van der Waals surface area contributed by atoms with Crippen molar-refractivity contribution in [3.8, 4) is 11.5 Å². The van der Waals surface area contributed by atoms with E-state index in [9.17, 15) is 83.4 Å². The molecule has 91 heavy (non-hydrogen) atoms. The van der Waals surface area contributed by atoms with Gasteiger partial charge in [0.25, 0.3) is 0 Å². The minimum absolute atomic E-state index is 0.0137. The van der Waals surface area contributed by atoms with Gasteiger partial charge in [0.1, 0.15) is 29.6 Å². The molecule has 1 fully saturated rings. The number of carboxylic acid groups (broad SMARTS) is 5. The van der Waals surface area contributed by atoms with E-state index in [1.54, 1.807) is 36.0 Å². The molecule has 2 aromatic rings. The molecular formula is C63H97N9O18S. The number of rotatable bonds is 43. The summed E-state index contributed by atoms with van der Waals surface area (Å²) in [7, 11) is 0. The van der Waals surface area contributed by atoms with Gasteiger partial charge in [-0.25, -0.2) is 14.4 Å². The van der Waals surface area contributed by atoms with E-state index < -0.39 is 79.9 Å². The molecule has 7 amide bonds. The SMILES string of the molecule is CC(=O)NC(CSC1CCCCCCCCCCC1)C(=O)NCCNC(=O)CCc1ccc(O)c(CN(CCN(CC(=O)O)Cc2cc(CCC(=O)NCCCCCC(=O)NCCCCC(NC(=O)NC(CCC(=O)O)C(=O)O)C(=O)O)ccc2O)CC(=O)O)c1. The molecule has 28 heteroatoms. The van der Waals surface area contributed by atoms with E-state index in [2.05, 4.69) is 37.2 Å². The van der Waals surface area contributed by atoms with Gasteiger partial charge in [0.15, 0.2) is 0 Å². The zero-order valence-corrected chi connectivity index (χ0v) is 53.3. The van der Waals surface area contributed by atoms with Crippen molar-refractivity contribution in [1.29, 1.82) is 0 Å². The lowest BCUT2D eigenvalue weighted by Crippen LogP contribution is -2.51. The lowest BCUT2D eigenvalue weighted by molar-refractivity contribution is -0.141. The number of carbonyl (C=O) groups is 11. The van der Waals surface area contributed by atoms with E-state index in [0.717, 1.165) is 25.7 Å². The van der Waals surface area contributed by atoms with Gasteiger partial charge in [-0.1, -0.05) is 88.5 Å². The molecule has 1 aliphatic carbocycles. The monoisotopic (exact) mass is 1300 g/mol. The molecule has 0 aromatic heterocycles. The van der Waals surface area contributed by atoms with Crippen LogP contribution in [0, 0.1) is 0 Å². The van der Waals surface area contributed by atoms with E-state index in [4.69, 9.17) is 5.11 Å². The Morgan fingerprint density at radius 3 is 1.42 bits per heavy atom. The third kappa shape index (κ3) is 36.1. The zero-order chi connectivity index (χ0) is 66.9. The number of hydrogen-bond acceptors (Lipinski definition) is 16. The smallest absolute Gasteiger partial charge is 0.326 e. The van der Waals surface area contributed by atoms with E-state index in [1.807, 2.05) is 0 Å². The van der Waals surface area contributed by atoms with Crippen LogP contribution >= 0.6 is 11.8 Å². The number of aryl methyl sites for hydroxylation is 2. The van der Waals surface area contributed by atoms with Crippen LogP contribution in [0.3, 0.4) is 0 Å². The predicted octanol–water partition coefficient (Wildman–Crippen LogP) is 4.61.